The van der Waals surface area contributed by atoms with Gasteiger partial charge in [-0.05, 0) is 29.9 Å². The van der Waals surface area contributed by atoms with Crippen LogP contribution in [0.4, 0.5) is 0 Å². The highest BCUT2D eigenvalue weighted by molar-refractivity contribution is 5.54. The van der Waals surface area contributed by atoms with E-state index in [0.717, 1.165) is 6.42 Å². The lowest BCUT2D eigenvalue weighted by Gasteiger charge is -2.21. The molecule has 1 aromatic rings. The van der Waals surface area contributed by atoms with Crippen molar-refractivity contribution in [1.82, 2.24) is 4.98 Å². The Kier molecular flexibility index (Phi) is 2.17. The minimum atomic E-state index is 0.669. The number of aromatic nitrogens is 1. The van der Waals surface area contributed by atoms with Crippen molar-refractivity contribution in [2.45, 2.75) is 20.3 Å². The molecule has 1 heterocycles. The summed E-state index contributed by atoms with van der Waals surface area (Å²) in [5.74, 6) is 1.38. The number of nitrogens with zero attached hydrogens (tertiary/aromatic N) is 1. The first-order valence-corrected chi connectivity index (χ1v) is 4.89. The van der Waals surface area contributed by atoms with Crippen molar-refractivity contribution in [2.75, 3.05) is 0 Å². The number of hydrogen-bond donors (Lipinski definition) is 0. The summed E-state index contributed by atoms with van der Waals surface area (Å²) in [5.41, 5.74) is 2.54. The van der Waals surface area contributed by atoms with E-state index in [9.17, 15) is 0 Å². The molecular weight excluding hydrogens is 158 g/mol. The van der Waals surface area contributed by atoms with Crippen LogP contribution in [-0.4, -0.2) is 4.98 Å². The zero-order chi connectivity index (χ0) is 9.26. The summed E-state index contributed by atoms with van der Waals surface area (Å²) in [6, 6.07) is 4.13. The second-order valence-corrected chi connectivity index (χ2v) is 4.01. The average Bonchev–Trinajstić information content (AvgIpc) is 2.17. The van der Waals surface area contributed by atoms with Gasteiger partial charge in [-0.3, -0.25) is 4.98 Å². The molecule has 1 aliphatic rings. The quantitative estimate of drug-likeness (QED) is 0.636. The van der Waals surface area contributed by atoms with Crippen LogP contribution in [0.3, 0.4) is 0 Å². The Morgan fingerprint density at radius 3 is 3.08 bits per heavy atom. The molecule has 1 nitrogen and oxygen atoms in total. The van der Waals surface area contributed by atoms with E-state index in [-0.39, 0.29) is 0 Å². The molecule has 0 fully saturated rings. The zero-order valence-corrected chi connectivity index (χ0v) is 8.20. The molecule has 0 spiro atoms. The molecule has 0 aromatic carbocycles. The van der Waals surface area contributed by atoms with Gasteiger partial charge in [-0.2, -0.15) is 0 Å². The van der Waals surface area contributed by atoms with E-state index in [1.807, 2.05) is 12.3 Å². The molecule has 1 unspecified atom stereocenters. The van der Waals surface area contributed by atoms with Gasteiger partial charge in [-0.1, -0.05) is 32.1 Å². The second kappa shape index (κ2) is 3.33. The molecule has 1 aliphatic carbocycles. The number of fused-ring (bicyclic) bond motifs is 1. The third-order valence-corrected chi connectivity index (χ3v) is 2.73. The molecule has 1 atom stereocenters. The van der Waals surface area contributed by atoms with E-state index >= 15 is 0 Å². The average molecular weight is 173 g/mol. The van der Waals surface area contributed by atoms with Crippen molar-refractivity contribution in [3.63, 3.8) is 0 Å². The summed E-state index contributed by atoms with van der Waals surface area (Å²) in [6.45, 7) is 4.53. The fourth-order valence-electron chi connectivity index (χ4n) is 1.75. The van der Waals surface area contributed by atoms with Crippen LogP contribution in [0.25, 0.3) is 6.08 Å². The Balaban J connectivity index is 2.29. The van der Waals surface area contributed by atoms with Crippen LogP contribution in [-0.2, 0) is 6.42 Å². The van der Waals surface area contributed by atoms with Gasteiger partial charge in [0.1, 0.15) is 0 Å². The van der Waals surface area contributed by atoms with Crippen molar-refractivity contribution in [3.05, 3.63) is 35.7 Å². The summed E-state index contributed by atoms with van der Waals surface area (Å²) in [6.07, 6.45) is 7.50. The van der Waals surface area contributed by atoms with Crippen molar-refractivity contribution in [2.24, 2.45) is 11.8 Å². The van der Waals surface area contributed by atoms with Gasteiger partial charge in [-0.15, -0.1) is 0 Å². The normalized spacial score (nSPS) is 20.4. The molecule has 0 N–H and O–H groups in total. The van der Waals surface area contributed by atoms with Gasteiger partial charge in [0.15, 0.2) is 0 Å². The number of rotatable bonds is 1. The molecule has 0 aliphatic heterocycles. The molecule has 0 amide bonds. The largest absolute Gasteiger partial charge is 0.261 e. The maximum absolute atomic E-state index is 4.40. The van der Waals surface area contributed by atoms with E-state index in [1.165, 1.54) is 11.3 Å². The summed E-state index contributed by atoms with van der Waals surface area (Å²) < 4.78 is 0. The predicted molar refractivity (Wildman–Crippen MR) is 55.3 cm³/mol. The maximum Gasteiger partial charge on any atom is 0.0481 e. The Morgan fingerprint density at radius 1 is 1.46 bits per heavy atom. The zero-order valence-electron chi connectivity index (χ0n) is 8.20. The van der Waals surface area contributed by atoms with Gasteiger partial charge in [0, 0.05) is 11.9 Å². The van der Waals surface area contributed by atoms with Crippen LogP contribution < -0.4 is 0 Å². The molecule has 1 aromatic heterocycles. The smallest absolute Gasteiger partial charge is 0.0481 e. The molecule has 68 valence electrons. The van der Waals surface area contributed by atoms with Crippen molar-refractivity contribution < 1.29 is 0 Å². The highest BCUT2D eigenvalue weighted by atomic mass is 14.7. The van der Waals surface area contributed by atoms with E-state index in [1.54, 1.807) is 0 Å². The third-order valence-electron chi connectivity index (χ3n) is 2.73. The van der Waals surface area contributed by atoms with Crippen molar-refractivity contribution in [3.8, 4) is 0 Å². The Morgan fingerprint density at radius 2 is 2.31 bits per heavy atom. The number of pyridine rings is 1. The van der Waals surface area contributed by atoms with Crippen LogP contribution in [0.15, 0.2) is 24.4 Å². The van der Waals surface area contributed by atoms with Crippen LogP contribution >= 0.6 is 0 Å². The highest BCUT2D eigenvalue weighted by Crippen LogP contribution is 2.25. The second-order valence-electron chi connectivity index (χ2n) is 4.01. The fraction of sp³-hybridized carbons (Fsp3) is 0.417. The lowest BCUT2D eigenvalue weighted by Crippen LogP contribution is -2.13. The summed E-state index contributed by atoms with van der Waals surface area (Å²) in [5, 5.41) is 0. The molecule has 1 heteroatoms. The van der Waals surface area contributed by atoms with E-state index < -0.39 is 0 Å². The first-order valence-electron chi connectivity index (χ1n) is 4.89. The number of allylic oxidation sites excluding steroid dienone is 1. The molecule has 13 heavy (non-hydrogen) atoms. The predicted octanol–water partition coefficient (Wildman–Crippen LogP) is 2.92. The van der Waals surface area contributed by atoms with Crippen LogP contribution in [0.2, 0.25) is 0 Å². The fourth-order valence-corrected chi connectivity index (χ4v) is 1.75. The van der Waals surface area contributed by atoms with Crippen LogP contribution in [0, 0.1) is 11.8 Å². The molecule has 0 bridgehead atoms. The van der Waals surface area contributed by atoms with E-state index in [2.05, 4.69) is 37.0 Å². The summed E-state index contributed by atoms with van der Waals surface area (Å²) in [4.78, 5) is 4.40. The first kappa shape index (κ1) is 8.49. The summed E-state index contributed by atoms with van der Waals surface area (Å²) in [7, 11) is 0. The van der Waals surface area contributed by atoms with Crippen molar-refractivity contribution >= 4 is 6.08 Å². The lowest BCUT2D eigenvalue weighted by molar-refractivity contribution is 0.457. The molecule has 0 saturated heterocycles. The minimum absolute atomic E-state index is 0.669. The Labute approximate surface area is 79.5 Å². The summed E-state index contributed by atoms with van der Waals surface area (Å²) >= 11 is 0. The first-order chi connectivity index (χ1) is 6.27. The van der Waals surface area contributed by atoms with Gasteiger partial charge in [0.25, 0.3) is 0 Å². The van der Waals surface area contributed by atoms with E-state index in [0.29, 0.717) is 11.8 Å². The molecule has 0 saturated carbocycles. The Hall–Kier alpha value is -1.11. The third kappa shape index (κ3) is 1.64. The molecular formula is C12H15N. The van der Waals surface area contributed by atoms with Gasteiger partial charge < -0.3 is 0 Å². The van der Waals surface area contributed by atoms with Crippen molar-refractivity contribution in [1.29, 1.82) is 0 Å². The lowest BCUT2D eigenvalue weighted by atomic mass is 9.85. The standard InChI is InChI=1S/C12H15N/c1-9(2)11-6-5-10-4-3-7-13-12(10)8-11/h3-7,9,11H,8H2,1-2H3. The monoisotopic (exact) mass is 173 g/mol. The molecule has 2 rings (SSSR count). The van der Waals surface area contributed by atoms with Gasteiger partial charge >= 0.3 is 0 Å². The Bertz CT molecular complexity index is 326. The maximum atomic E-state index is 4.40. The topological polar surface area (TPSA) is 12.9 Å². The van der Waals surface area contributed by atoms with Gasteiger partial charge in [-0.25, -0.2) is 0 Å². The number of hydrogen-bond acceptors (Lipinski definition) is 1. The van der Waals surface area contributed by atoms with E-state index in [4.69, 9.17) is 0 Å². The minimum Gasteiger partial charge on any atom is -0.261 e. The van der Waals surface area contributed by atoms with Crippen LogP contribution in [0.1, 0.15) is 25.1 Å². The SMILES string of the molecule is CC(C)C1C=Cc2cccnc2C1. The molecule has 0 radical (unpaired) electrons. The highest BCUT2D eigenvalue weighted by Gasteiger charge is 2.16. The van der Waals surface area contributed by atoms with Gasteiger partial charge in [0.05, 0.1) is 0 Å². The van der Waals surface area contributed by atoms with Crippen LogP contribution in [0.5, 0.6) is 0 Å². The van der Waals surface area contributed by atoms with Gasteiger partial charge in [0.2, 0.25) is 0 Å².